The molecule has 2 aromatic carbocycles. The molecule has 5 nitrogen and oxygen atoms in total. The minimum atomic E-state index is -4.94. The number of benzene rings is 2. The molecule has 1 fully saturated rings. The van der Waals surface area contributed by atoms with Crippen LogP contribution >= 0.6 is 23.2 Å². The summed E-state index contributed by atoms with van der Waals surface area (Å²) < 4.78 is 66.3. The van der Waals surface area contributed by atoms with E-state index < -0.39 is 39.0 Å². The number of carbonyl (C=O) groups excluding carboxylic acids is 2. The zero-order valence-electron chi connectivity index (χ0n) is 18.8. The highest BCUT2D eigenvalue weighted by molar-refractivity contribution is 6.35. The Labute approximate surface area is 214 Å². The average molecular weight is 546 g/mol. The Balaban J connectivity index is 1.58. The van der Waals surface area contributed by atoms with Crippen molar-refractivity contribution in [3.8, 4) is 5.75 Å². The van der Waals surface area contributed by atoms with Crippen LogP contribution in [0.3, 0.4) is 0 Å². The van der Waals surface area contributed by atoms with Gasteiger partial charge in [0, 0.05) is 36.3 Å². The minimum Gasteiger partial charge on any atom is -0.493 e. The molecule has 0 aromatic heterocycles. The molecule has 11 heteroatoms. The quantitative estimate of drug-likeness (QED) is 0.198. The molecule has 1 saturated heterocycles. The molecule has 0 saturated carbocycles. The summed E-state index contributed by atoms with van der Waals surface area (Å²) in [5.41, 5.74) is -0.742. The van der Waals surface area contributed by atoms with Crippen LogP contribution < -0.4 is 10.1 Å². The molecule has 2 aliphatic heterocycles. The van der Waals surface area contributed by atoms with E-state index in [-0.39, 0.29) is 37.1 Å². The third-order valence-corrected chi connectivity index (χ3v) is 6.54. The minimum absolute atomic E-state index is 0.0398. The van der Waals surface area contributed by atoms with Gasteiger partial charge in [-0.2, -0.15) is 13.2 Å². The highest BCUT2D eigenvalue weighted by atomic mass is 35.5. The molecule has 4 rings (SSSR count). The fourth-order valence-electron chi connectivity index (χ4n) is 4.26. The first-order valence-electron chi connectivity index (χ1n) is 11.2. The molecule has 2 aliphatic rings. The summed E-state index contributed by atoms with van der Waals surface area (Å²) in [4.78, 5) is 25.2. The van der Waals surface area contributed by atoms with E-state index in [4.69, 9.17) is 32.7 Å². The van der Waals surface area contributed by atoms with Crippen LogP contribution in [0.4, 0.5) is 17.6 Å². The van der Waals surface area contributed by atoms with Gasteiger partial charge >= 0.3 is 6.18 Å². The summed E-state index contributed by atoms with van der Waals surface area (Å²) in [7, 11) is 0. The second kappa shape index (κ2) is 10.8. The largest absolute Gasteiger partial charge is 0.493 e. The Morgan fingerprint density at radius 1 is 1.14 bits per heavy atom. The van der Waals surface area contributed by atoms with Crippen LogP contribution in [0.1, 0.15) is 46.3 Å². The molecular formula is C25H21Cl2F4NO4. The topological polar surface area (TPSA) is 64.6 Å². The van der Waals surface area contributed by atoms with Gasteiger partial charge in [0.25, 0.3) is 0 Å². The monoisotopic (exact) mass is 545 g/mol. The number of rotatable bonds is 7. The molecule has 192 valence electrons. The lowest BCUT2D eigenvalue weighted by Crippen LogP contribution is -2.27. The van der Waals surface area contributed by atoms with E-state index in [1.807, 2.05) is 0 Å². The van der Waals surface area contributed by atoms with Crippen molar-refractivity contribution in [1.82, 2.24) is 5.32 Å². The first-order chi connectivity index (χ1) is 17.0. The lowest BCUT2D eigenvalue weighted by molar-refractivity contribution is -0.123. The average Bonchev–Trinajstić information content (AvgIpc) is 3.50. The maximum atomic E-state index is 13.8. The van der Waals surface area contributed by atoms with E-state index in [1.54, 1.807) is 0 Å². The van der Waals surface area contributed by atoms with Crippen molar-refractivity contribution in [1.29, 1.82) is 0 Å². The van der Waals surface area contributed by atoms with Crippen LogP contribution in [0, 0.1) is 5.82 Å². The maximum Gasteiger partial charge on any atom is 0.417 e. The second-order valence-corrected chi connectivity index (χ2v) is 9.28. The van der Waals surface area contributed by atoms with Crippen LogP contribution in [0.5, 0.6) is 5.75 Å². The van der Waals surface area contributed by atoms with E-state index in [2.05, 4.69) is 5.32 Å². The number of alkyl halides is 3. The zero-order chi connectivity index (χ0) is 26.0. The summed E-state index contributed by atoms with van der Waals surface area (Å²) in [6.07, 6.45) is -2.30. The maximum absolute atomic E-state index is 13.8. The molecule has 1 amide bonds. The van der Waals surface area contributed by atoms with Crippen LogP contribution in [0.15, 0.2) is 30.3 Å². The van der Waals surface area contributed by atoms with Gasteiger partial charge in [-0.15, -0.1) is 0 Å². The lowest BCUT2D eigenvalue weighted by Gasteiger charge is -2.15. The van der Waals surface area contributed by atoms with Gasteiger partial charge in [-0.05, 0) is 36.6 Å². The van der Waals surface area contributed by atoms with E-state index in [1.165, 1.54) is 12.1 Å². The van der Waals surface area contributed by atoms with Gasteiger partial charge in [0.15, 0.2) is 11.6 Å². The molecule has 0 bridgehead atoms. The molecule has 2 heterocycles. The van der Waals surface area contributed by atoms with E-state index in [9.17, 15) is 27.2 Å². The standard InChI is InChI=1S/C25H21Cl2F4NO4/c26-19-8-14(9-20(27)23(19)28)18(25(29,30)31)11-21(33)16-4-3-13(24-17(16)5-7-36-24)12-32-22(34)10-15-2-1-6-35-15/h3-4,8-9,11,15H,1-2,5-7,10,12H2,(H,32,34)/b18-11+. The molecular weight excluding hydrogens is 525 g/mol. The summed E-state index contributed by atoms with van der Waals surface area (Å²) in [6, 6.07) is 4.49. The highest BCUT2D eigenvalue weighted by Crippen LogP contribution is 2.39. The number of amides is 1. The van der Waals surface area contributed by atoms with Crippen LogP contribution in [-0.2, 0) is 22.5 Å². The van der Waals surface area contributed by atoms with Gasteiger partial charge in [0.05, 0.1) is 34.8 Å². The van der Waals surface area contributed by atoms with Gasteiger partial charge in [0.2, 0.25) is 5.91 Å². The number of nitrogens with one attached hydrogen (secondary N) is 1. The van der Waals surface area contributed by atoms with Gasteiger partial charge in [-0.1, -0.05) is 35.3 Å². The fraction of sp³-hybridized carbons (Fsp3) is 0.360. The van der Waals surface area contributed by atoms with Gasteiger partial charge in [-0.25, -0.2) is 4.39 Å². The SMILES string of the molecule is O=C(CC1CCCO1)NCc1ccc(C(=O)/C=C(\c2cc(Cl)c(F)c(Cl)c2)C(F)(F)F)c2c1OCC2. The highest BCUT2D eigenvalue weighted by Gasteiger charge is 2.36. The van der Waals surface area contributed by atoms with Gasteiger partial charge in [-0.3, -0.25) is 9.59 Å². The molecule has 0 spiro atoms. The lowest BCUT2D eigenvalue weighted by atomic mass is 9.95. The third kappa shape index (κ3) is 5.85. The smallest absolute Gasteiger partial charge is 0.417 e. The Kier molecular flexibility index (Phi) is 7.92. The Hall–Kier alpha value is -2.62. The number of hydrogen-bond acceptors (Lipinski definition) is 4. The molecule has 1 atom stereocenters. The number of allylic oxidation sites excluding steroid dienone is 2. The Morgan fingerprint density at radius 3 is 2.50 bits per heavy atom. The van der Waals surface area contributed by atoms with Crippen LogP contribution in [-0.4, -0.2) is 37.2 Å². The molecule has 1 unspecified atom stereocenters. The van der Waals surface area contributed by atoms with E-state index in [0.29, 0.717) is 36.0 Å². The second-order valence-electron chi connectivity index (χ2n) is 8.47. The molecule has 0 aliphatic carbocycles. The van der Waals surface area contributed by atoms with Crippen molar-refractivity contribution >= 4 is 40.5 Å². The van der Waals surface area contributed by atoms with Gasteiger partial charge in [0.1, 0.15) is 5.75 Å². The number of ketones is 1. The van der Waals surface area contributed by atoms with Crippen LogP contribution in [0.2, 0.25) is 10.0 Å². The number of fused-ring (bicyclic) bond motifs is 1. The predicted molar refractivity (Wildman–Crippen MR) is 126 cm³/mol. The van der Waals surface area contributed by atoms with Crippen molar-refractivity contribution in [2.45, 2.75) is 44.5 Å². The Morgan fingerprint density at radius 2 is 1.86 bits per heavy atom. The first-order valence-corrected chi connectivity index (χ1v) is 11.9. The first kappa shape index (κ1) is 26.4. The normalized spacial score (nSPS) is 17.6. The van der Waals surface area contributed by atoms with Crippen molar-refractivity contribution in [3.05, 3.63) is 68.5 Å². The van der Waals surface area contributed by atoms with Crippen LogP contribution in [0.25, 0.3) is 5.57 Å². The molecule has 2 aromatic rings. The number of halogens is 6. The summed E-state index contributed by atoms with van der Waals surface area (Å²) >= 11 is 11.3. The van der Waals surface area contributed by atoms with Crippen molar-refractivity contribution in [2.24, 2.45) is 0 Å². The predicted octanol–water partition coefficient (Wildman–Crippen LogP) is 6.08. The number of carbonyl (C=O) groups is 2. The Bertz CT molecular complexity index is 1200. The zero-order valence-corrected chi connectivity index (χ0v) is 20.3. The third-order valence-electron chi connectivity index (χ3n) is 5.99. The van der Waals surface area contributed by atoms with E-state index >= 15 is 0 Å². The molecule has 36 heavy (non-hydrogen) atoms. The van der Waals surface area contributed by atoms with E-state index in [0.717, 1.165) is 25.0 Å². The molecule has 1 N–H and O–H groups in total. The van der Waals surface area contributed by atoms with Crippen molar-refractivity contribution < 1.29 is 36.6 Å². The number of ether oxygens (including phenoxy) is 2. The summed E-state index contributed by atoms with van der Waals surface area (Å²) in [5.74, 6) is -1.78. The van der Waals surface area contributed by atoms with Gasteiger partial charge < -0.3 is 14.8 Å². The molecule has 0 radical (unpaired) electrons. The summed E-state index contributed by atoms with van der Waals surface area (Å²) in [5, 5.41) is 1.60. The van der Waals surface area contributed by atoms with Crippen molar-refractivity contribution in [3.63, 3.8) is 0 Å². The summed E-state index contributed by atoms with van der Waals surface area (Å²) in [6.45, 7) is 1.02. The van der Waals surface area contributed by atoms with Crippen molar-refractivity contribution in [2.75, 3.05) is 13.2 Å². The fourth-order valence-corrected chi connectivity index (χ4v) is 4.74. The number of hydrogen-bond donors (Lipinski definition) is 1.